The molecule has 1 saturated heterocycles. The summed E-state index contributed by atoms with van der Waals surface area (Å²) in [5.41, 5.74) is 8.45. The molecule has 1 heterocycles. The molecule has 1 aromatic carbocycles. The summed E-state index contributed by atoms with van der Waals surface area (Å²) < 4.78 is 0. The number of carbonyl (C=O) groups is 1. The zero-order valence-electron chi connectivity index (χ0n) is 11.8. The molecule has 1 aromatic rings. The van der Waals surface area contributed by atoms with Gasteiger partial charge in [-0.25, -0.2) is 0 Å². The van der Waals surface area contributed by atoms with Crippen molar-refractivity contribution in [3.8, 4) is 0 Å². The molecule has 1 amide bonds. The van der Waals surface area contributed by atoms with Gasteiger partial charge in [-0.2, -0.15) is 0 Å². The van der Waals surface area contributed by atoms with Crippen LogP contribution in [0.15, 0.2) is 18.2 Å². The van der Waals surface area contributed by atoms with Gasteiger partial charge in [-0.3, -0.25) is 4.79 Å². The van der Waals surface area contributed by atoms with Gasteiger partial charge in [0.1, 0.15) is 4.99 Å². The molecule has 0 spiro atoms. The molecule has 0 atom stereocenters. The summed E-state index contributed by atoms with van der Waals surface area (Å²) in [6, 6.07) is 5.85. The largest absolute Gasteiger partial charge is 0.389 e. The average Bonchev–Trinajstić information content (AvgIpc) is 2.46. The number of likely N-dealkylation sites (tertiary alicyclic amines) is 1. The third-order valence-corrected chi connectivity index (χ3v) is 3.80. The van der Waals surface area contributed by atoms with Crippen molar-refractivity contribution in [3.05, 3.63) is 29.3 Å². The van der Waals surface area contributed by atoms with Gasteiger partial charge >= 0.3 is 0 Å². The Kier molecular flexibility index (Phi) is 4.95. The Morgan fingerprint density at radius 3 is 2.70 bits per heavy atom. The number of carbonyl (C=O) groups excluding carboxylic acids is 1. The number of anilines is 1. The van der Waals surface area contributed by atoms with Gasteiger partial charge in [-0.1, -0.05) is 23.8 Å². The quantitative estimate of drug-likeness (QED) is 0.834. The second kappa shape index (κ2) is 6.70. The van der Waals surface area contributed by atoms with Crippen LogP contribution in [0.1, 0.15) is 30.4 Å². The van der Waals surface area contributed by atoms with Gasteiger partial charge in [0.05, 0.1) is 6.54 Å². The van der Waals surface area contributed by atoms with E-state index >= 15 is 0 Å². The molecule has 4 nitrogen and oxygen atoms in total. The van der Waals surface area contributed by atoms with E-state index < -0.39 is 0 Å². The normalized spacial score (nSPS) is 14.9. The van der Waals surface area contributed by atoms with Crippen LogP contribution in [0.5, 0.6) is 0 Å². The van der Waals surface area contributed by atoms with Crippen molar-refractivity contribution in [1.82, 2.24) is 4.90 Å². The highest BCUT2D eigenvalue weighted by molar-refractivity contribution is 7.80. The number of thiocarbonyl (C=S) groups is 1. The van der Waals surface area contributed by atoms with E-state index in [9.17, 15) is 4.79 Å². The molecule has 0 radical (unpaired) electrons. The van der Waals surface area contributed by atoms with Gasteiger partial charge in [0, 0.05) is 24.3 Å². The second-order valence-electron chi connectivity index (χ2n) is 5.21. The lowest BCUT2D eigenvalue weighted by atomic mass is 10.1. The van der Waals surface area contributed by atoms with E-state index in [4.69, 9.17) is 18.0 Å². The Morgan fingerprint density at radius 1 is 1.35 bits per heavy atom. The molecule has 1 aliphatic rings. The van der Waals surface area contributed by atoms with E-state index in [2.05, 4.69) is 5.32 Å². The zero-order valence-corrected chi connectivity index (χ0v) is 12.6. The molecule has 20 heavy (non-hydrogen) atoms. The molecule has 1 fully saturated rings. The SMILES string of the molecule is Cc1ccc(NCC(=O)N2CCCCC2)c(C(N)=S)c1. The van der Waals surface area contributed by atoms with Crippen molar-refractivity contribution in [1.29, 1.82) is 0 Å². The van der Waals surface area contributed by atoms with Crippen LogP contribution < -0.4 is 11.1 Å². The van der Waals surface area contributed by atoms with Crippen molar-refractivity contribution in [2.45, 2.75) is 26.2 Å². The van der Waals surface area contributed by atoms with Crippen LogP contribution in [0.4, 0.5) is 5.69 Å². The maximum absolute atomic E-state index is 12.1. The molecule has 108 valence electrons. The van der Waals surface area contributed by atoms with Crippen molar-refractivity contribution in [3.63, 3.8) is 0 Å². The van der Waals surface area contributed by atoms with Gasteiger partial charge < -0.3 is 16.0 Å². The van der Waals surface area contributed by atoms with Crippen LogP contribution >= 0.6 is 12.2 Å². The van der Waals surface area contributed by atoms with Crippen LogP contribution in [0.25, 0.3) is 0 Å². The molecule has 0 saturated carbocycles. The van der Waals surface area contributed by atoms with Crippen LogP contribution in [0, 0.1) is 6.92 Å². The number of nitrogens with one attached hydrogen (secondary N) is 1. The highest BCUT2D eigenvalue weighted by Crippen LogP contribution is 2.17. The topological polar surface area (TPSA) is 58.4 Å². The van der Waals surface area contributed by atoms with Gasteiger partial charge in [0.15, 0.2) is 0 Å². The molecule has 0 aromatic heterocycles. The Balaban J connectivity index is 1.99. The van der Waals surface area contributed by atoms with Crippen molar-refractivity contribution < 1.29 is 4.79 Å². The minimum atomic E-state index is 0.138. The molecule has 0 aliphatic carbocycles. The van der Waals surface area contributed by atoms with E-state index in [-0.39, 0.29) is 5.91 Å². The maximum Gasteiger partial charge on any atom is 0.241 e. The number of benzene rings is 1. The Labute approximate surface area is 125 Å². The van der Waals surface area contributed by atoms with Crippen molar-refractivity contribution in [2.75, 3.05) is 25.0 Å². The van der Waals surface area contributed by atoms with E-state index in [0.29, 0.717) is 11.5 Å². The second-order valence-corrected chi connectivity index (χ2v) is 5.65. The highest BCUT2D eigenvalue weighted by Gasteiger charge is 2.16. The third-order valence-electron chi connectivity index (χ3n) is 3.58. The lowest BCUT2D eigenvalue weighted by molar-refractivity contribution is -0.130. The monoisotopic (exact) mass is 291 g/mol. The smallest absolute Gasteiger partial charge is 0.241 e. The summed E-state index contributed by atoms with van der Waals surface area (Å²) in [5.74, 6) is 0.138. The Hall–Kier alpha value is -1.62. The molecule has 3 N–H and O–H groups in total. The van der Waals surface area contributed by atoms with Gasteiger partial charge in [0.2, 0.25) is 5.91 Å². The van der Waals surface area contributed by atoms with Crippen molar-refractivity contribution in [2.24, 2.45) is 5.73 Å². The summed E-state index contributed by atoms with van der Waals surface area (Å²) in [6.07, 6.45) is 3.43. The maximum atomic E-state index is 12.1. The summed E-state index contributed by atoms with van der Waals surface area (Å²) in [4.78, 5) is 14.4. The number of rotatable bonds is 4. The van der Waals surface area contributed by atoms with Gasteiger partial charge in [-0.15, -0.1) is 0 Å². The third kappa shape index (κ3) is 3.70. The van der Waals surface area contributed by atoms with Crippen LogP contribution in [-0.2, 0) is 4.79 Å². The number of hydrogen-bond donors (Lipinski definition) is 2. The first kappa shape index (κ1) is 14.8. The van der Waals surface area contributed by atoms with E-state index in [1.807, 2.05) is 30.0 Å². The van der Waals surface area contributed by atoms with Crippen LogP contribution in [-0.4, -0.2) is 35.4 Å². The number of amides is 1. The molecule has 5 heteroatoms. The van der Waals surface area contributed by atoms with Gasteiger partial charge in [0.25, 0.3) is 0 Å². The highest BCUT2D eigenvalue weighted by atomic mass is 32.1. The van der Waals surface area contributed by atoms with Crippen LogP contribution in [0.3, 0.4) is 0 Å². The fraction of sp³-hybridized carbons (Fsp3) is 0.467. The Bertz CT molecular complexity index is 510. The summed E-state index contributed by atoms with van der Waals surface area (Å²) >= 11 is 5.06. The predicted molar refractivity (Wildman–Crippen MR) is 86.0 cm³/mol. The number of aryl methyl sites for hydroxylation is 1. The minimum absolute atomic E-state index is 0.138. The first-order chi connectivity index (χ1) is 9.58. The van der Waals surface area contributed by atoms with E-state index in [1.165, 1.54) is 6.42 Å². The standard InChI is InChI=1S/C15H21N3OS/c1-11-5-6-13(12(9-11)15(16)20)17-10-14(19)18-7-3-2-4-8-18/h5-6,9,17H,2-4,7-8,10H2,1H3,(H2,16,20). The summed E-state index contributed by atoms with van der Waals surface area (Å²) in [7, 11) is 0. The number of nitrogens with zero attached hydrogens (tertiary/aromatic N) is 1. The minimum Gasteiger partial charge on any atom is -0.389 e. The fourth-order valence-corrected chi connectivity index (χ4v) is 2.61. The molecular weight excluding hydrogens is 270 g/mol. The van der Waals surface area contributed by atoms with Crippen LogP contribution in [0.2, 0.25) is 0 Å². The first-order valence-electron chi connectivity index (χ1n) is 7.00. The summed E-state index contributed by atoms with van der Waals surface area (Å²) in [5, 5.41) is 3.16. The predicted octanol–water partition coefficient (Wildman–Crippen LogP) is 2.05. The lowest BCUT2D eigenvalue weighted by Crippen LogP contribution is -2.39. The molecule has 2 rings (SSSR count). The molecule has 0 unspecified atom stereocenters. The Morgan fingerprint density at radius 2 is 2.05 bits per heavy atom. The molecular formula is C15H21N3OS. The number of hydrogen-bond acceptors (Lipinski definition) is 3. The van der Waals surface area contributed by atoms with Gasteiger partial charge in [-0.05, 0) is 38.3 Å². The fourth-order valence-electron chi connectivity index (χ4n) is 2.44. The molecule has 0 bridgehead atoms. The van der Waals surface area contributed by atoms with E-state index in [0.717, 1.165) is 42.7 Å². The lowest BCUT2D eigenvalue weighted by Gasteiger charge is -2.27. The first-order valence-corrected chi connectivity index (χ1v) is 7.41. The van der Waals surface area contributed by atoms with E-state index in [1.54, 1.807) is 0 Å². The molecule has 1 aliphatic heterocycles. The number of piperidine rings is 1. The number of nitrogens with two attached hydrogens (primary N) is 1. The summed E-state index contributed by atoms with van der Waals surface area (Å²) in [6.45, 7) is 4.02. The van der Waals surface area contributed by atoms with Crippen molar-refractivity contribution >= 4 is 28.8 Å². The zero-order chi connectivity index (χ0) is 14.5. The average molecular weight is 291 g/mol.